The van der Waals surface area contributed by atoms with Gasteiger partial charge in [-0.1, -0.05) is 6.92 Å². The van der Waals surface area contributed by atoms with Crippen molar-refractivity contribution in [2.75, 3.05) is 11.9 Å². The van der Waals surface area contributed by atoms with Gasteiger partial charge >= 0.3 is 0 Å². The van der Waals surface area contributed by atoms with E-state index >= 15 is 0 Å². The molecular weight excluding hydrogens is 153 g/mol. The van der Waals surface area contributed by atoms with Gasteiger partial charge in [-0.2, -0.15) is 0 Å². The van der Waals surface area contributed by atoms with E-state index in [1.54, 1.807) is 6.07 Å². The summed E-state index contributed by atoms with van der Waals surface area (Å²) in [5, 5.41) is 3.25. The summed E-state index contributed by atoms with van der Waals surface area (Å²) in [4.78, 5) is 0. The van der Waals surface area contributed by atoms with Crippen LogP contribution in [-0.4, -0.2) is 6.54 Å². The maximum atomic E-state index is 12.8. The lowest BCUT2D eigenvalue weighted by molar-refractivity contribution is 0.614. The van der Waals surface area contributed by atoms with Crippen LogP contribution in [-0.2, 0) is 0 Å². The number of halogens is 1. The van der Waals surface area contributed by atoms with E-state index in [9.17, 15) is 4.39 Å². The summed E-state index contributed by atoms with van der Waals surface area (Å²) in [5.74, 6) is 0.348. The normalized spacial score (nSPS) is 21.3. The molecule has 0 saturated carbocycles. The van der Waals surface area contributed by atoms with Crippen LogP contribution < -0.4 is 5.32 Å². The van der Waals surface area contributed by atoms with E-state index in [1.807, 2.05) is 6.07 Å². The Hall–Kier alpha value is -1.05. The van der Waals surface area contributed by atoms with E-state index < -0.39 is 0 Å². The zero-order valence-electron chi connectivity index (χ0n) is 7.10. The summed E-state index contributed by atoms with van der Waals surface area (Å²) in [5.41, 5.74) is 2.20. The van der Waals surface area contributed by atoms with E-state index in [0.717, 1.165) is 24.2 Å². The predicted octanol–water partition coefficient (Wildman–Crippen LogP) is 2.74. The molecule has 64 valence electrons. The summed E-state index contributed by atoms with van der Waals surface area (Å²) in [6, 6.07) is 4.95. The van der Waals surface area contributed by atoms with E-state index in [2.05, 4.69) is 12.2 Å². The molecule has 0 aromatic heterocycles. The number of fused-ring (bicyclic) bond motifs is 1. The van der Waals surface area contributed by atoms with Gasteiger partial charge in [0, 0.05) is 12.2 Å². The summed E-state index contributed by atoms with van der Waals surface area (Å²) >= 11 is 0. The highest BCUT2D eigenvalue weighted by atomic mass is 19.1. The quantitative estimate of drug-likeness (QED) is 0.623. The van der Waals surface area contributed by atoms with Crippen LogP contribution in [0, 0.1) is 5.82 Å². The lowest BCUT2D eigenvalue weighted by Gasteiger charge is -2.23. The molecule has 1 aromatic rings. The van der Waals surface area contributed by atoms with E-state index in [4.69, 9.17) is 0 Å². The molecule has 2 rings (SSSR count). The third-order valence-electron chi connectivity index (χ3n) is 2.44. The molecule has 2 heteroatoms. The van der Waals surface area contributed by atoms with Crippen molar-refractivity contribution in [1.29, 1.82) is 0 Å². The monoisotopic (exact) mass is 165 g/mol. The van der Waals surface area contributed by atoms with Crippen molar-refractivity contribution in [2.45, 2.75) is 19.3 Å². The van der Waals surface area contributed by atoms with Crippen LogP contribution in [0.25, 0.3) is 0 Å². The first-order valence-corrected chi connectivity index (χ1v) is 4.30. The number of benzene rings is 1. The topological polar surface area (TPSA) is 12.0 Å². The van der Waals surface area contributed by atoms with Crippen molar-refractivity contribution in [3.8, 4) is 0 Å². The highest BCUT2D eigenvalue weighted by Crippen LogP contribution is 2.31. The van der Waals surface area contributed by atoms with Gasteiger partial charge in [-0.05, 0) is 36.1 Å². The van der Waals surface area contributed by atoms with Crippen molar-refractivity contribution < 1.29 is 4.39 Å². The molecule has 1 N–H and O–H groups in total. The van der Waals surface area contributed by atoms with Crippen molar-refractivity contribution >= 4 is 5.69 Å². The summed E-state index contributed by atoms with van der Waals surface area (Å²) in [6.45, 7) is 3.14. The minimum atomic E-state index is -0.135. The highest BCUT2D eigenvalue weighted by molar-refractivity contribution is 5.54. The number of rotatable bonds is 0. The number of nitrogens with one attached hydrogen (secondary N) is 1. The lowest BCUT2D eigenvalue weighted by atomic mass is 9.93. The van der Waals surface area contributed by atoms with Gasteiger partial charge in [0.25, 0.3) is 0 Å². The van der Waals surface area contributed by atoms with Gasteiger partial charge in [-0.3, -0.25) is 0 Å². The fourth-order valence-corrected chi connectivity index (χ4v) is 1.68. The fraction of sp³-hybridized carbons (Fsp3) is 0.400. The first kappa shape index (κ1) is 7.59. The Morgan fingerprint density at radius 2 is 2.33 bits per heavy atom. The zero-order chi connectivity index (χ0) is 8.55. The third-order valence-corrected chi connectivity index (χ3v) is 2.44. The number of hydrogen-bond donors (Lipinski definition) is 1. The van der Waals surface area contributed by atoms with Crippen molar-refractivity contribution in [3.63, 3.8) is 0 Å². The summed E-state index contributed by atoms with van der Waals surface area (Å²) in [6.07, 6.45) is 1.09. The molecule has 0 fully saturated rings. The van der Waals surface area contributed by atoms with Gasteiger partial charge in [0.05, 0.1) is 0 Å². The standard InChI is InChI=1S/C10H12FN/c1-7-4-5-12-10-3-2-8(11)6-9(7)10/h2-3,6-7,12H,4-5H2,1H3. The van der Waals surface area contributed by atoms with Gasteiger partial charge in [-0.25, -0.2) is 4.39 Å². The molecule has 12 heavy (non-hydrogen) atoms. The molecule has 0 spiro atoms. The number of hydrogen-bond acceptors (Lipinski definition) is 1. The molecule has 0 bridgehead atoms. The summed E-state index contributed by atoms with van der Waals surface area (Å²) < 4.78 is 12.8. The molecule has 0 saturated heterocycles. The van der Waals surface area contributed by atoms with Gasteiger partial charge < -0.3 is 5.32 Å². The Kier molecular flexibility index (Phi) is 1.75. The molecule has 1 aliphatic heterocycles. The smallest absolute Gasteiger partial charge is 0.123 e. The Balaban J connectivity index is 2.47. The lowest BCUT2D eigenvalue weighted by Crippen LogP contribution is -2.14. The average molecular weight is 165 g/mol. The maximum absolute atomic E-state index is 12.8. The van der Waals surface area contributed by atoms with Crippen molar-refractivity contribution in [1.82, 2.24) is 0 Å². The largest absolute Gasteiger partial charge is 0.385 e. The molecule has 0 amide bonds. The second-order valence-corrected chi connectivity index (χ2v) is 3.35. The fourth-order valence-electron chi connectivity index (χ4n) is 1.68. The van der Waals surface area contributed by atoms with E-state index in [-0.39, 0.29) is 5.82 Å². The van der Waals surface area contributed by atoms with E-state index in [0.29, 0.717) is 5.92 Å². The van der Waals surface area contributed by atoms with Gasteiger partial charge in [-0.15, -0.1) is 0 Å². The van der Waals surface area contributed by atoms with Crippen LogP contribution in [0.15, 0.2) is 18.2 Å². The molecule has 0 radical (unpaired) electrons. The van der Waals surface area contributed by atoms with E-state index in [1.165, 1.54) is 6.07 Å². The molecule has 0 aliphatic carbocycles. The Morgan fingerprint density at radius 3 is 3.17 bits per heavy atom. The zero-order valence-corrected chi connectivity index (χ0v) is 7.10. The molecule has 1 nitrogen and oxygen atoms in total. The minimum absolute atomic E-state index is 0.135. The molecule has 1 unspecified atom stereocenters. The van der Waals surface area contributed by atoms with Crippen molar-refractivity contribution in [2.24, 2.45) is 0 Å². The van der Waals surface area contributed by atoms with Crippen LogP contribution in [0.5, 0.6) is 0 Å². The molecule has 1 aliphatic rings. The second kappa shape index (κ2) is 2.77. The van der Waals surface area contributed by atoms with Crippen molar-refractivity contribution in [3.05, 3.63) is 29.6 Å². The van der Waals surface area contributed by atoms with Gasteiger partial charge in [0.15, 0.2) is 0 Å². The Morgan fingerprint density at radius 1 is 1.50 bits per heavy atom. The maximum Gasteiger partial charge on any atom is 0.123 e. The summed E-state index contributed by atoms with van der Waals surface area (Å²) in [7, 11) is 0. The molecule has 1 heterocycles. The molecular formula is C10H12FN. The minimum Gasteiger partial charge on any atom is -0.385 e. The third kappa shape index (κ3) is 1.17. The number of anilines is 1. The Bertz CT molecular complexity index is 296. The first-order chi connectivity index (χ1) is 5.77. The van der Waals surface area contributed by atoms with Crippen LogP contribution in [0.1, 0.15) is 24.8 Å². The second-order valence-electron chi connectivity index (χ2n) is 3.35. The average Bonchev–Trinajstić information content (AvgIpc) is 2.07. The highest BCUT2D eigenvalue weighted by Gasteiger charge is 2.15. The van der Waals surface area contributed by atoms with Gasteiger partial charge in [0.1, 0.15) is 5.82 Å². The first-order valence-electron chi connectivity index (χ1n) is 4.30. The van der Waals surface area contributed by atoms with Crippen LogP contribution in [0.2, 0.25) is 0 Å². The molecule has 1 atom stereocenters. The SMILES string of the molecule is CC1CCNc2ccc(F)cc21. The van der Waals surface area contributed by atoms with Crippen LogP contribution in [0.3, 0.4) is 0 Å². The van der Waals surface area contributed by atoms with Gasteiger partial charge in [0.2, 0.25) is 0 Å². The Labute approximate surface area is 71.6 Å². The predicted molar refractivity (Wildman–Crippen MR) is 47.9 cm³/mol. The van der Waals surface area contributed by atoms with Crippen LogP contribution >= 0.6 is 0 Å². The van der Waals surface area contributed by atoms with Crippen LogP contribution in [0.4, 0.5) is 10.1 Å². The molecule has 1 aromatic carbocycles.